The lowest BCUT2D eigenvalue weighted by Gasteiger charge is -2.30. The lowest BCUT2D eigenvalue weighted by atomic mass is 9.95. The van der Waals surface area contributed by atoms with E-state index in [0.29, 0.717) is 36.6 Å². The number of carbonyl (C=O) groups is 1. The van der Waals surface area contributed by atoms with Gasteiger partial charge in [0.1, 0.15) is 11.4 Å². The minimum atomic E-state index is -3.20. The predicted octanol–water partition coefficient (Wildman–Crippen LogP) is 1.18. The van der Waals surface area contributed by atoms with Crippen molar-refractivity contribution in [3.8, 4) is 0 Å². The van der Waals surface area contributed by atoms with Crippen LogP contribution < -0.4 is 0 Å². The van der Waals surface area contributed by atoms with E-state index in [1.165, 1.54) is 15.5 Å². The van der Waals surface area contributed by atoms with Crippen molar-refractivity contribution in [2.45, 2.75) is 32.2 Å². The zero-order valence-electron chi connectivity index (χ0n) is 15.6. The Morgan fingerprint density at radius 3 is 2.74 bits per heavy atom. The molecule has 0 saturated carbocycles. The van der Waals surface area contributed by atoms with E-state index in [0.717, 1.165) is 18.5 Å². The molecule has 3 rings (SSSR count). The maximum Gasteiger partial charge on any atom is 0.255 e. The van der Waals surface area contributed by atoms with Crippen molar-refractivity contribution >= 4 is 15.9 Å². The lowest BCUT2D eigenvalue weighted by molar-refractivity contribution is 0.0781. The van der Waals surface area contributed by atoms with Gasteiger partial charge in [0.25, 0.3) is 5.91 Å². The highest BCUT2D eigenvalue weighted by molar-refractivity contribution is 7.88. The van der Waals surface area contributed by atoms with E-state index in [1.807, 2.05) is 0 Å². The fraction of sp³-hybridized carbons (Fsp3) is 0.529. The van der Waals surface area contributed by atoms with Crippen LogP contribution in [-0.2, 0) is 16.6 Å². The minimum absolute atomic E-state index is 0.0409. The van der Waals surface area contributed by atoms with Crippen LogP contribution in [0, 0.1) is 6.92 Å². The number of nitrogens with zero attached hydrogens (tertiary/aromatic N) is 5. The summed E-state index contributed by atoms with van der Waals surface area (Å²) >= 11 is 0. The van der Waals surface area contributed by atoms with Crippen LogP contribution in [0.3, 0.4) is 0 Å². The van der Waals surface area contributed by atoms with Gasteiger partial charge in [-0.25, -0.2) is 17.4 Å². The number of rotatable bonds is 5. The fourth-order valence-electron chi connectivity index (χ4n) is 3.17. The number of sulfonamides is 1. The molecule has 146 valence electrons. The Kier molecular flexibility index (Phi) is 5.56. The largest absolute Gasteiger partial charge is 0.336 e. The summed E-state index contributed by atoms with van der Waals surface area (Å²) in [5.41, 5.74) is 2.53. The van der Waals surface area contributed by atoms with Crippen molar-refractivity contribution in [2.24, 2.45) is 0 Å². The second kappa shape index (κ2) is 7.73. The van der Waals surface area contributed by atoms with Gasteiger partial charge >= 0.3 is 0 Å². The van der Waals surface area contributed by atoms with Crippen molar-refractivity contribution < 1.29 is 17.8 Å². The van der Waals surface area contributed by atoms with Crippen molar-refractivity contribution in [1.82, 2.24) is 24.5 Å². The highest BCUT2D eigenvalue weighted by Gasteiger charge is 2.27. The molecule has 1 saturated heterocycles. The lowest BCUT2D eigenvalue weighted by Crippen LogP contribution is -2.38. The molecular formula is C17H23N5O4S. The molecule has 0 aromatic carbocycles. The van der Waals surface area contributed by atoms with Crippen LogP contribution in [-0.4, -0.2) is 65.2 Å². The van der Waals surface area contributed by atoms with Gasteiger partial charge in [-0.15, -0.1) is 0 Å². The molecule has 1 aliphatic heterocycles. The highest BCUT2D eigenvalue weighted by atomic mass is 32.2. The molecule has 0 spiro atoms. The van der Waals surface area contributed by atoms with E-state index >= 15 is 0 Å². The van der Waals surface area contributed by atoms with Gasteiger partial charge in [0.15, 0.2) is 0 Å². The van der Waals surface area contributed by atoms with Crippen LogP contribution in [0.2, 0.25) is 0 Å². The third-order valence-electron chi connectivity index (χ3n) is 4.78. The van der Waals surface area contributed by atoms with Crippen LogP contribution in [0.4, 0.5) is 0 Å². The van der Waals surface area contributed by atoms with E-state index in [2.05, 4.69) is 19.9 Å². The summed E-state index contributed by atoms with van der Waals surface area (Å²) in [6, 6.07) is 3.54. The molecule has 0 N–H and O–H groups in total. The quantitative estimate of drug-likeness (QED) is 0.750. The van der Waals surface area contributed by atoms with Gasteiger partial charge in [0, 0.05) is 37.9 Å². The number of aromatic nitrogens is 3. The summed E-state index contributed by atoms with van der Waals surface area (Å²) in [7, 11) is -1.53. The van der Waals surface area contributed by atoms with Crippen molar-refractivity contribution in [1.29, 1.82) is 0 Å². The molecular weight excluding hydrogens is 370 g/mol. The fourth-order valence-corrected chi connectivity index (χ4v) is 4.08. The average Bonchev–Trinajstić information content (AvgIpc) is 3.05. The van der Waals surface area contributed by atoms with Crippen LogP contribution in [0.5, 0.6) is 0 Å². The van der Waals surface area contributed by atoms with Gasteiger partial charge < -0.3 is 4.90 Å². The Labute approximate surface area is 158 Å². The van der Waals surface area contributed by atoms with E-state index in [-0.39, 0.29) is 11.8 Å². The number of hydrogen-bond donors (Lipinski definition) is 0. The first-order valence-corrected chi connectivity index (χ1v) is 10.5. The third kappa shape index (κ3) is 4.51. The number of carbonyl (C=O) groups excluding carboxylic acids is 1. The molecule has 0 aliphatic carbocycles. The molecule has 0 radical (unpaired) electrons. The molecule has 9 nitrogen and oxygen atoms in total. The summed E-state index contributed by atoms with van der Waals surface area (Å²) in [6.45, 7) is 3.04. The maximum absolute atomic E-state index is 12.6. The number of aryl methyl sites for hydroxylation is 1. The number of hydrogen-bond acceptors (Lipinski definition) is 7. The zero-order valence-corrected chi connectivity index (χ0v) is 16.4. The van der Waals surface area contributed by atoms with Crippen LogP contribution in [0.15, 0.2) is 23.0 Å². The van der Waals surface area contributed by atoms with Crippen molar-refractivity contribution in [3.63, 3.8) is 0 Å². The minimum Gasteiger partial charge on any atom is -0.336 e. The highest BCUT2D eigenvalue weighted by Crippen LogP contribution is 2.27. The number of amides is 1. The summed E-state index contributed by atoms with van der Waals surface area (Å²) in [5.74, 6) is -0.142. The molecule has 1 fully saturated rings. The standard InChI is InChI=1S/C17H23N5O4S/c1-12-16(20-26-19-12)11-21(2)17(23)13-6-7-15(18-9-13)14-5-4-8-22(10-14)27(3,24)25/h6-7,9,14H,4-5,8,10-11H2,1-3H3/t14-/m0/s1. The smallest absolute Gasteiger partial charge is 0.255 e. The van der Waals surface area contributed by atoms with Gasteiger partial charge in [0.05, 0.1) is 18.4 Å². The normalized spacial score (nSPS) is 18.4. The van der Waals surface area contributed by atoms with Gasteiger partial charge in [-0.2, -0.15) is 0 Å². The first-order chi connectivity index (χ1) is 12.8. The molecule has 1 amide bonds. The topological polar surface area (TPSA) is 110 Å². The number of pyridine rings is 1. The molecule has 1 aliphatic rings. The molecule has 2 aromatic heterocycles. The third-order valence-corrected chi connectivity index (χ3v) is 6.05. The van der Waals surface area contributed by atoms with E-state index < -0.39 is 10.0 Å². The summed E-state index contributed by atoms with van der Waals surface area (Å²) in [5, 5.41) is 7.49. The number of piperidine rings is 1. The Morgan fingerprint density at radius 2 is 2.15 bits per heavy atom. The summed E-state index contributed by atoms with van der Waals surface area (Å²) < 4.78 is 29.7. The summed E-state index contributed by atoms with van der Waals surface area (Å²) in [6.07, 6.45) is 4.45. The molecule has 1 atom stereocenters. The van der Waals surface area contributed by atoms with E-state index in [4.69, 9.17) is 0 Å². The Hall–Kier alpha value is -2.33. The van der Waals surface area contributed by atoms with E-state index in [1.54, 1.807) is 32.3 Å². The first kappa shape index (κ1) is 19.4. The monoisotopic (exact) mass is 393 g/mol. The SMILES string of the molecule is Cc1nonc1CN(C)C(=O)c1ccc([C@H]2CCCN(S(C)(=O)=O)C2)nc1. The van der Waals surface area contributed by atoms with Crippen LogP contribution in [0.25, 0.3) is 0 Å². The molecule has 27 heavy (non-hydrogen) atoms. The first-order valence-electron chi connectivity index (χ1n) is 8.70. The van der Waals surface area contributed by atoms with Crippen molar-refractivity contribution in [2.75, 3.05) is 26.4 Å². The van der Waals surface area contributed by atoms with Gasteiger partial charge in [0.2, 0.25) is 10.0 Å². The van der Waals surface area contributed by atoms with E-state index in [9.17, 15) is 13.2 Å². The maximum atomic E-state index is 12.6. The molecule has 3 heterocycles. The Morgan fingerprint density at radius 1 is 1.37 bits per heavy atom. The van der Waals surface area contributed by atoms with Crippen molar-refractivity contribution in [3.05, 3.63) is 41.0 Å². The zero-order chi connectivity index (χ0) is 19.6. The van der Waals surface area contributed by atoms with Gasteiger partial charge in [-0.3, -0.25) is 9.78 Å². The Balaban J connectivity index is 1.67. The molecule has 0 unspecified atom stereocenters. The predicted molar refractivity (Wildman–Crippen MR) is 97.5 cm³/mol. The second-order valence-corrected chi connectivity index (χ2v) is 8.87. The molecule has 2 aromatic rings. The van der Waals surface area contributed by atoms with Crippen LogP contribution in [0.1, 0.15) is 46.2 Å². The van der Waals surface area contributed by atoms with Crippen LogP contribution >= 0.6 is 0 Å². The Bertz CT molecular complexity index is 910. The van der Waals surface area contributed by atoms with Gasteiger partial charge in [-0.1, -0.05) is 10.3 Å². The molecule has 10 heteroatoms. The summed E-state index contributed by atoms with van der Waals surface area (Å²) in [4.78, 5) is 18.5. The van der Waals surface area contributed by atoms with Gasteiger partial charge in [-0.05, 0) is 31.9 Å². The average molecular weight is 393 g/mol. The molecule has 0 bridgehead atoms. The second-order valence-electron chi connectivity index (χ2n) is 6.89.